The number of rotatable bonds is 4. The lowest BCUT2D eigenvalue weighted by Crippen LogP contribution is -2.16. The average molecular weight is 284 g/mol. The molecule has 3 aromatic heterocycles. The second kappa shape index (κ2) is 5.40. The molecule has 0 radical (unpaired) electrons. The van der Waals surface area contributed by atoms with Crippen LogP contribution >= 0.6 is 0 Å². The first-order valence-electron chi connectivity index (χ1n) is 6.84. The Morgan fingerprint density at radius 1 is 1.43 bits per heavy atom. The molecule has 0 bridgehead atoms. The molecule has 6 nitrogen and oxygen atoms in total. The highest BCUT2D eigenvalue weighted by Gasteiger charge is 2.08. The van der Waals surface area contributed by atoms with Gasteiger partial charge in [0.25, 0.3) is 5.56 Å². The fraction of sp³-hybridized carbons (Fsp3) is 0.267. The average Bonchev–Trinajstić information content (AvgIpc) is 2.89. The molecule has 0 aliphatic heterocycles. The Balaban J connectivity index is 1.82. The molecule has 2 N–H and O–H groups in total. The van der Waals surface area contributed by atoms with Gasteiger partial charge in [0.15, 0.2) is 11.2 Å². The quantitative estimate of drug-likeness (QED) is 0.768. The predicted molar refractivity (Wildman–Crippen MR) is 80.3 cm³/mol. The minimum atomic E-state index is -0.140. The molecular formula is C15H16N4O2. The van der Waals surface area contributed by atoms with E-state index in [1.807, 2.05) is 19.1 Å². The number of fused-ring (bicyclic) bond motifs is 1. The summed E-state index contributed by atoms with van der Waals surface area (Å²) < 4.78 is 5.56. The largest absolute Gasteiger partial charge is 0.437 e. The van der Waals surface area contributed by atoms with Crippen LogP contribution in [0.5, 0.6) is 0 Å². The maximum absolute atomic E-state index is 11.9. The number of aromatic nitrogens is 3. The number of nitrogens with zero attached hydrogens (tertiary/aromatic N) is 2. The first-order valence-corrected chi connectivity index (χ1v) is 6.84. The van der Waals surface area contributed by atoms with Gasteiger partial charge in [-0.25, -0.2) is 4.98 Å². The van der Waals surface area contributed by atoms with Crippen molar-refractivity contribution >= 4 is 16.9 Å². The van der Waals surface area contributed by atoms with Crippen molar-refractivity contribution in [1.29, 1.82) is 0 Å². The van der Waals surface area contributed by atoms with E-state index in [9.17, 15) is 4.79 Å². The smallest absolute Gasteiger partial charge is 0.271 e. The minimum absolute atomic E-state index is 0.140. The molecule has 0 aliphatic rings. The molecule has 0 amide bonds. The van der Waals surface area contributed by atoms with Gasteiger partial charge in [0, 0.05) is 11.9 Å². The second-order valence-electron chi connectivity index (χ2n) is 4.80. The maximum Gasteiger partial charge on any atom is 0.271 e. The van der Waals surface area contributed by atoms with Gasteiger partial charge in [0.1, 0.15) is 5.69 Å². The number of hydrogen-bond acceptors (Lipinski definition) is 5. The van der Waals surface area contributed by atoms with Crippen LogP contribution in [-0.4, -0.2) is 15.0 Å². The van der Waals surface area contributed by atoms with E-state index in [0.29, 0.717) is 29.4 Å². The van der Waals surface area contributed by atoms with Crippen LogP contribution in [-0.2, 0) is 13.0 Å². The highest BCUT2D eigenvalue weighted by molar-refractivity contribution is 5.66. The van der Waals surface area contributed by atoms with Crippen LogP contribution < -0.4 is 10.9 Å². The number of H-pyrrole nitrogens is 1. The number of nitrogens with one attached hydrogen (secondary N) is 2. The molecule has 3 aromatic rings. The molecule has 21 heavy (non-hydrogen) atoms. The molecule has 0 aliphatic carbocycles. The Kier molecular flexibility index (Phi) is 3.43. The number of aryl methyl sites for hydroxylation is 2. The van der Waals surface area contributed by atoms with Crippen LogP contribution in [0.25, 0.3) is 11.2 Å². The van der Waals surface area contributed by atoms with Gasteiger partial charge in [0.05, 0.1) is 6.54 Å². The highest BCUT2D eigenvalue weighted by atomic mass is 16.3. The van der Waals surface area contributed by atoms with Crippen LogP contribution in [0.4, 0.5) is 5.69 Å². The van der Waals surface area contributed by atoms with Crippen molar-refractivity contribution in [3.05, 3.63) is 51.9 Å². The first kappa shape index (κ1) is 13.4. The number of pyridine rings is 2. The zero-order valence-corrected chi connectivity index (χ0v) is 11.9. The van der Waals surface area contributed by atoms with E-state index in [2.05, 4.69) is 27.2 Å². The Hall–Kier alpha value is -2.63. The lowest BCUT2D eigenvalue weighted by Gasteiger charge is -2.07. The summed E-state index contributed by atoms with van der Waals surface area (Å²) in [6, 6.07) is 5.48. The summed E-state index contributed by atoms with van der Waals surface area (Å²) in [5, 5.41) is 3.06. The van der Waals surface area contributed by atoms with Gasteiger partial charge < -0.3 is 14.7 Å². The molecule has 108 valence electrons. The predicted octanol–water partition coefficient (Wildman–Crippen LogP) is 2.39. The van der Waals surface area contributed by atoms with Crippen molar-refractivity contribution < 1.29 is 4.42 Å². The molecule has 3 rings (SSSR count). The van der Waals surface area contributed by atoms with Crippen molar-refractivity contribution in [3.8, 4) is 0 Å². The van der Waals surface area contributed by atoms with Crippen molar-refractivity contribution in [3.63, 3.8) is 0 Å². The third kappa shape index (κ3) is 2.65. The van der Waals surface area contributed by atoms with Crippen molar-refractivity contribution in [2.45, 2.75) is 26.8 Å². The van der Waals surface area contributed by atoms with Crippen LogP contribution in [0.3, 0.4) is 0 Å². The number of anilines is 1. The zero-order chi connectivity index (χ0) is 14.8. The minimum Gasteiger partial charge on any atom is -0.437 e. The lowest BCUT2D eigenvalue weighted by molar-refractivity contribution is 0.540. The summed E-state index contributed by atoms with van der Waals surface area (Å²) in [6.45, 7) is 4.29. The SMILES string of the molecule is CCc1cc(NCc2nc3ncccc3o2)c(=O)[nH]c1C. The Morgan fingerprint density at radius 2 is 2.29 bits per heavy atom. The number of hydrogen-bond donors (Lipinski definition) is 2. The van der Waals surface area contributed by atoms with Crippen molar-refractivity contribution in [1.82, 2.24) is 15.0 Å². The van der Waals surface area contributed by atoms with Gasteiger partial charge in [-0.3, -0.25) is 4.79 Å². The van der Waals surface area contributed by atoms with E-state index in [4.69, 9.17) is 4.42 Å². The monoisotopic (exact) mass is 284 g/mol. The van der Waals surface area contributed by atoms with Gasteiger partial charge in [-0.2, -0.15) is 4.98 Å². The van der Waals surface area contributed by atoms with Crippen LogP contribution in [0, 0.1) is 6.92 Å². The standard InChI is InChI=1S/C15H16N4O2/c1-3-10-7-11(15(20)18-9(10)2)17-8-13-19-14-12(21-13)5-4-6-16-14/h4-7,17H,3,8H2,1-2H3,(H,18,20). The van der Waals surface area contributed by atoms with E-state index >= 15 is 0 Å². The zero-order valence-electron chi connectivity index (χ0n) is 11.9. The summed E-state index contributed by atoms with van der Waals surface area (Å²) in [4.78, 5) is 23.1. The molecular weight excluding hydrogens is 268 g/mol. The van der Waals surface area contributed by atoms with Gasteiger partial charge >= 0.3 is 0 Å². The highest BCUT2D eigenvalue weighted by Crippen LogP contribution is 2.14. The molecule has 0 spiro atoms. The van der Waals surface area contributed by atoms with E-state index in [0.717, 1.165) is 17.7 Å². The van der Waals surface area contributed by atoms with Gasteiger partial charge in [0.2, 0.25) is 5.89 Å². The summed E-state index contributed by atoms with van der Waals surface area (Å²) in [5.74, 6) is 0.502. The summed E-state index contributed by atoms with van der Waals surface area (Å²) in [7, 11) is 0. The second-order valence-corrected chi connectivity index (χ2v) is 4.80. The van der Waals surface area contributed by atoms with E-state index in [1.54, 1.807) is 12.3 Å². The van der Waals surface area contributed by atoms with Crippen LogP contribution in [0.1, 0.15) is 24.1 Å². The molecule has 0 fully saturated rings. The summed E-state index contributed by atoms with van der Waals surface area (Å²) in [6.07, 6.45) is 2.53. The lowest BCUT2D eigenvalue weighted by atomic mass is 10.1. The fourth-order valence-electron chi connectivity index (χ4n) is 2.22. The third-order valence-corrected chi connectivity index (χ3v) is 3.37. The molecule has 0 aromatic carbocycles. The van der Waals surface area contributed by atoms with Crippen LogP contribution in [0.15, 0.2) is 33.6 Å². The normalized spacial score (nSPS) is 11.0. The topological polar surface area (TPSA) is 83.8 Å². The van der Waals surface area contributed by atoms with Gasteiger partial charge in [-0.1, -0.05) is 6.92 Å². The maximum atomic E-state index is 11.9. The molecule has 6 heteroatoms. The summed E-state index contributed by atoms with van der Waals surface area (Å²) in [5.41, 5.74) is 3.60. The molecule has 0 saturated carbocycles. The number of aromatic amines is 1. The Labute approximate surface area is 121 Å². The Bertz CT molecular complexity index is 802. The van der Waals surface area contributed by atoms with E-state index < -0.39 is 0 Å². The molecule has 0 atom stereocenters. The van der Waals surface area contributed by atoms with Crippen LogP contribution in [0.2, 0.25) is 0 Å². The first-order chi connectivity index (χ1) is 10.2. The van der Waals surface area contributed by atoms with Crippen molar-refractivity contribution in [2.24, 2.45) is 0 Å². The molecule has 0 saturated heterocycles. The van der Waals surface area contributed by atoms with Crippen molar-refractivity contribution in [2.75, 3.05) is 5.32 Å². The van der Waals surface area contributed by atoms with Gasteiger partial charge in [-0.15, -0.1) is 0 Å². The third-order valence-electron chi connectivity index (χ3n) is 3.37. The van der Waals surface area contributed by atoms with Gasteiger partial charge in [-0.05, 0) is 37.1 Å². The Morgan fingerprint density at radius 3 is 3.05 bits per heavy atom. The number of oxazole rings is 1. The van der Waals surface area contributed by atoms with E-state index in [1.165, 1.54) is 0 Å². The summed E-state index contributed by atoms with van der Waals surface area (Å²) >= 11 is 0. The fourth-order valence-corrected chi connectivity index (χ4v) is 2.22. The van der Waals surface area contributed by atoms with E-state index in [-0.39, 0.29) is 5.56 Å². The molecule has 0 unspecified atom stereocenters. The molecule has 3 heterocycles.